The second-order valence-corrected chi connectivity index (χ2v) is 16.6. The molecule has 0 aliphatic rings. The van der Waals surface area contributed by atoms with Crippen molar-refractivity contribution in [3.05, 3.63) is 109 Å². The van der Waals surface area contributed by atoms with Crippen molar-refractivity contribution in [1.82, 2.24) is 4.90 Å². The Morgan fingerprint density at radius 1 is 0.767 bits per heavy atom. The number of benzene rings is 4. The molecule has 0 aromatic heterocycles. The van der Waals surface area contributed by atoms with Crippen LogP contribution in [0.1, 0.15) is 47.1 Å². The normalized spacial score (nSPS) is 13.4. The third-order valence-corrected chi connectivity index (χ3v) is 13.1. The van der Waals surface area contributed by atoms with Crippen LogP contribution in [-0.2, 0) is 24.3 Å². The summed E-state index contributed by atoms with van der Waals surface area (Å²) in [6.07, 6.45) is -0.609. The highest BCUT2D eigenvalue weighted by Gasteiger charge is 2.50. The van der Waals surface area contributed by atoms with Crippen LogP contribution in [0.15, 0.2) is 103 Å². The highest BCUT2D eigenvalue weighted by atomic mass is 28.4. The summed E-state index contributed by atoms with van der Waals surface area (Å²) in [5.74, 6) is -0.650. The van der Waals surface area contributed by atoms with E-state index in [2.05, 4.69) is 45.0 Å². The number of methoxy groups -OCH3 is 1. The average molecular weight is 598 g/mol. The fraction of sp³-hybridized carbons (Fsp3) is 0.333. The Bertz CT molecular complexity index is 1490. The molecule has 4 rings (SSSR count). The molecule has 0 heterocycles. The predicted molar refractivity (Wildman–Crippen MR) is 175 cm³/mol. The second kappa shape index (κ2) is 13.1. The molecule has 0 radical (unpaired) electrons. The number of fused-ring (bicyclic) bond motifs is 1. The lowest BCUT2D eigenvalue weighted by Gasteiger charge is -2.43. The molecule has 0 fully saturated rings. The summed E-state index contributed by atoms with van der Waals surface area (Å²) in [7, 11) is -1.49. The van der Waals surface area contributed by atoms with Gasteiger partial charge in [0.25, 0.3) is 8.32 Å². The van der Waals surface area contributed by atoms with Crippen LogP contribution in [0.25, 0.3) is 10.8 Å². The molecular weight excluding hydrogens is 554 g/mol. The molecule has 43 heavy (non-hydrogen) atoms. The van der Waals surface area contributed by atoms with Crippen molar-refractivity contribution in [2.75, 3.05) is 20.3 Å². The Morgan fingerprint density at radius 3 is 1.81 bits per heavy atom. The lowest BCUT2D eigenvalue weighted by atomic mass is 9.93. The Morgan fingerprint density at radius 2 is 1.30 bits per heavy atom. The number of nitrogens with zero attached hydrogens (tertiary/aromatic N) is 1. The molecule has 0 unspecified atom stereocenters. The molecule has 0 N–H and O–H groups in total. The SMILES string of the molecule is COC(=O)[C@](C)(OC(=O)N(CCO[Si](c1ccccc1)(c1ccccc1)C(C)(C)C)C(C)C)c1ccc2ccccc2c1. The molecule has 7 heteroatoms. The van der Waals surface area contributed by atoms with E-state index >= 15 is 0 Å². The zero-order valence-electron chi connectivity index (χ0n) is 26.3. The van der Waals surface area contributed by atoms with Crippen molar-refractivity contribution in [3.8, 4) is 0 Å². The van der Waals surface area contributed by atoms with E-state index in [0.29, 0.717) is 12.2 Å². The molecule has 0 saturated carbocycles. The van der Waals surface area contributed by atoms with E-state index in [9.17, 15) is 9.59 Å². The Labute approximate surface area is 256 Å². The summed E-state index contributed by atoms with van der Waals surface area (Å²) >= 11 is 0. The minimum atomic E-state index is -2.79. The maximum absolute atomic E-state index is 13.8. The van der Waals surface area contributed by atoms with E-state index in [1.165, 1.54) is 17.5 Å². The molecule has 1 atom stereocenters. The van der Waals surface area contributed by atoms with Gasteiger partial charge in [-0.15, -0.1) is 0 Å². The van der Waals surface area contributed by atoms with E-state index < -0.39 is 26.0 Å². The highest BCUT2D eigenvalue weighted by Crippen LogP contribution is 2.37. The number of hydrogen-bond donors (Lipinski definition) is 0. The van der Waals surface area contributed by atoms with Gasteiger partial charge in [-0.3, -0.25) is 0 Å². The van der Waals surface area contributed by atoms with Crippen molar-refractivity contribution in [3.63, 3.8) is 0 Å². The number of carbonyl (C=O) groups is 2. The minimum Gasteiger partial charge on any atom is -0.466 e. The van der Waals surface area contributed by atoms with E-state index in [1.807, 2.05) is 86.6 Å². The summed E-state index contributed by atoms with van der Waals surface area (Å²) in [4.78, 5) is 28.5. The lowest BCUT2D eigenvalue weighted by Crippen LogP contribution is -2.67. The number of hydrogen-bond acceptors (Lipinski definition) is 5. The molecule has 0 spiro atoms. The van der Waals surface area contributed by atoms with Crippen molar-refractivity contribution in [2.24, 2.45) is 0 Å². The fourth-order valence-corrected chi connectivity index (χ4v) is 10.3. The molecule has 4 aromatic carbocycles. The minimum absolute atomic E-state index is 0.196. The quantitative estimate of drug-likeness (QED) is 0.151. The van der Waals surface area contributed by atoms with Crippen LogP contribution in [-0.4, -0.2) is 51.6 Å². The fourth-order valence-electron chi connectivity index (χ4n) is 5.75. The van der Waals surface area contributed by atoms with Gasteiger partial charge >= 0.3 is 12.1 Å². The Balaban J connectivity index is 1.62. The highest BCUT2D eigenvalue weighted by molar-refractivity contribution is 6.99. The zero-order valence-corrected chi connectivity index (χ0v) is 27.3. The number of esters is 1. The van der Waals surface area contributed by atoms with Gasteiger partial charge in [0, 0.05) is 18.2 Å². The Hall–Kier alpha value is -3.94. The van der Waals surface area contributed by atoms with Crippen LogP contribution < -0.4 is 10.4 Å². The van der Waals surface area contributed by atoms with E-state index in [-0.39, 0.29) is 17.6 Å². The van der Waals surface area contributed by atoms with Crippen LogP contribution in [0.5, 0.6) is 0 Å². The summed E-state index contributed by atoms with van der Waals surface area (Å²) < 4.78 is 18.2. The first kappa shape index (κ1) is 32.0. The maximum atomic E-state index is 13.8. The number of rotatable bonds is 10. The Kier molecular flexibility index (Phi) is 9.78. The lowest BCUT2D eigenvalue weighted by molar-refractivity contribution is -0.163. The average Bonchev–Trinajstić information content (AvgIpc) is 3.00. The molecular formula is C36H43NO5Si. The van der Waals surface area contributed by atoms with Gasteiger partial charge in [-0.05, 0) is 53.0 Å². The van der Waals surface area contributed by atoms with Gasteiger partial charge in [-0.2, -0.15) is 0 Å². The van der Waals surface area contributed by atoms with Gasteiger partial charge in [0.05, 0.1) is 13.7 Å². The summed E-state index contributed by atoms with van der Waals surface area (Å²) in [6, 6.07) is 34.0. The predicted octanol–water partition coefficient (Wildman–Crippen LogP) is 6.65. The summed E-state index contributed by atoms with van der Waals surface area (Å²) in [6.45, 7) is 12.7. The molecule has 6 nitrogen and oxygen atoms in total. The van der Waals surface area contributed by atoms with Gasteiger partial charge in [-0.1, -0.05) is 118 Å². The number of carbonyl (C=O) groups excluding carboxylic acids is 2. The number of ether oxygens (including phenoxy) is 2. The molecule has 0 bridgehead atoms. The third kappa shape index (κ3) is 6.53. The van der Waals surface area contributed by atoms with Gasteiger partial charge in [-0.25, -0.2) is 9.59 Å². The van der Waals surface area contributed by atoms with Crippen LogP contribution in [0.2, 0.25) is 5.04 Å². The first-order valence-corrected chi connectivity index (χ1v) is 16.7. The molecule has 0 aliphatic carbocycles. The zero-order chi connectivity index (χ0) is 31.3. The largest absolute Gasteiger partial charge is 0.466 e. The molecule has 4 aromatic rings. The second-order valence-electron chi connectivity index (χ2n) is 12.3. The topological polar surface area (TPSA) is 65.1 Å². The summed E-state index contributed by atoms with van der Waals surface area (Å²) in [5.41, 5.74) is -1.10. The molecule has 0 saturated heterocycles. The van der Waals surface area contributed by atoms with Gasteiger partial charge in [0.2, 0.25) is 5.60 Å². The van der Waals surface area contributed by atoms with Crippen LogP contribution in [0.3, 0.4) is 0 Å². The van der Waals surface area contributed by atoms with Crippen molar-refractivity contribution in [2.45, 2.75) is 58.2 Å². The van der Waals surface area contributed by atoms with Crippen LogP contribution in [0.4, 0.5) is 4.79 Å². The maximum Gasteiger partial charge on any atom is 0.411 e. The number of amides is 1. The standard InChI is InChI=1S/C36H43NO5Si/c1-27(2)37(34(39)42-36(6,33(38)40-7)30-23-22-28-16-14-15-17-29(28)26-30)24-25-41-43(35(3,4)5,31-18-10-8-11-19-31)32-20-12-9-13-21-32/h8-23,26-27H,24-25H2,1-7H3/t36-/m1/s1. The van der Waals surface area contributed by atoms with Crippen molar-refractivity contribution >= 4 is 41.5 Å². The summed E-state index contributed by atoms with van der Waals surface area (Å²) in [5, 5.41) is 4.10. The van der Waals surface area contributed by atoms with Crippen molar-refractivity contribution < 1.29 is 23.5 Å². The monoisotopic (exact) mass is 597 g/mol. The molecule has 226 valence electrons. The first-order chi connectivity index (χ1) is 20.4. The third-order valence-electron chi connectivity index (χ3n) is 8.09. The van der Waals surface area contributed by atoms with Gasteiger partial charge in [0.1, 0.15) is 0 Å². The first-order valence-electron chi connectivity index (χ1n) is 14.8. The molecule has 0 aliphatic heterocycles. The van der Waals surface area contributed by atoms with Gasteiger partial charge in [0.15, 0.2) is 0 Å². The van der Waals surface area contributed by atoms with E-state index in [4.69, 9.17) is 13.9 Å². The van der Waals surface area contributed by atoms with Crippen LogP contribution >= 0.6 is 0 Å². The van der Waals surface area contributed by atoms with E-state index in [0.717, 1.165) is 10.8 Å². The van der Waals surface area contributed by atoms with Crippen molar-refractivity contribution in [1.29, 1.82) is 0 Å². The molecule has 1 amide bonds. The van der Waals surface area contributed by atoms with Crippen LogP contribution in [0, 0.1) is 0 Å². The van der Waals surface area contributed by atoms with E-state index in [1.54, 1.807) is 17.9 Å². The van der Waals surface area contributed by atoms with Gasteiger partial charge < -0.3 is 18.8 Å². The smallest absolute Gasteiger partial charge is 0.411 e.